The van der Waals surface area contributed by atoms with E-state index in [1.807, 2.05) is 12.1 Å². The highest BCUT2D eigenvalue weighted by atomic mass is 35.5. The first-order valence-corrected chi connectivity index (χ1v) is 9.84. The molecule has 0 radical (unpaired) electrons. The standard InChI is InChI=1S/C21H27N5O4.ClH/c1-11-18(19(28)26-16(10-22)20(29)30-3)12(2)24-21(23-11)25-14-8-7-13-5-4-6-17(27)15(13)9-14;/h4-6,14,16,27H,7-10,22H2,1-3H3,(H,26,28)(H,23,24,25);1H. The second kappa shape index (κ2) is 10.4. The van der Waals surface area contributed by atoms with Crippen molar-refractivity contribution in [2.45, 2.75) is 45.2 Å². The molecule has 168 valence electrons. The number of nitrogens with two attached hydrogens (primary N) is 1. The van der Waals surface area contributed by atoms with Gasteiger partial charge in [-0.3, -0.25) is 4.79 Å². The van der Waals surface area contributed by atoms with E-state index in [0.29, 0.717) is 35.1 Å². The van der Waals surface area contributed by atoms with Crippen molar-refractivity contribution in [1.82, 2.24) is 15.3 Å². The molecule has 1 amide bonds. The Balaban J connectivity index is 0.00000341. The third-order valence-electron chi connectivity index (χ3n) is 5.32. The van der Waals surface area contributed by atoms with Crippen LogP contribution < -0.4 is 16.4 Å². The molecule has 2 unspecified atom stereocenters. The minimum atomic E-state index is -0.936. The smallest absolute Gasteiger partial charge is 0.329 e. The van der Waals surface area contributed by atoms with Crippen LogP contribution in [0.1, 0.15) is 39.3 Å². The van der Waals surface area contributed by atoms with Crippen molar-refractivity contribution < 1.29 is 19.4 Å². The molecule has 0 fully saturated rings. The van der Waals surface area contributed by atoms with Crippen LogP contribution in [0.25, 0.3) is 0 Å². The summed E-state index contributed by atoms with van der Waals surface area (Å²) in [6.07, 6.45) is 2.41. The summed E-state index contributed by atoms with van der Waals surface area (Å²) in [5.41, 5.74) is 8.93. The van der Waals surface area contributed by atoms with Crippen LogP contribution in [0.3, 0.4) is 0 Å². The maximum absolute atomic E-state index is 12.6. The summed E-state index contributed by atoms with van der Waals surface area (Å²) in [6.45, 7) is 3.35. The number of benzene rings is 1. The zero-order valence-corrected chi connectivity index (χ0v) is 18.6. The van der Waals surface area contributed by atoms with Crippen molar-refractivity contribution in [3.8, 4) is 5.75 Å². The first-order chi connectivity index (χ1) is 14.3. The van der Waals surface area contributed by atoms with Gasteiger partial charge in [-0.05, 0) is 50.3 Å². The zero-order chi connectivity index (χ0) is 21.8. The van der Waals surface area contributed by atoms with Gasteiger partial charge in [0.05, 0.1) is 24.1 Å². The number of aromatic nitrogens is 2. The first kappa shape index (κ1) is 24.4. The van der Waals surface area contributed by atoms with Crippen molar-refractivity contribution >= 4 is 30.2 Å². The topological polar surface area (TPSA) is 139 Å². The van der Waals surface area contributed by atoms with Crippen LogP contribution in [0.15, 0.2) is 18.2 Å². The lowest BCUT2D eigenvalue weighted by molar-refractivity contribution is -0.142. The molecule has 1 aromatic heterocycles. The molecular formula is C21H28ClN5O4. The van der Waals surface area contributed by atoms with E-state index in [1.54, 1.807) is 19.9 Å². The fraction of sp³-hybridized carbons (Fsp3) is 0.429. The molecule has 1 aliphatic rings. The molecule has 0 spiro atoms. The van der Waals surface area contributed by atoms with Gasteiger partial charge < -0.3 is 26.2 Å². The lowest BCUT2D eigenvalue weighted by Crippen LogP contribution is -2.46. The summed E-state index contributed by atoms with van der Waals surface area (Å²) in [4.78, 5) is 33.2. The number of anilines is 1. The predicted octanol–water partition coefficient (Wildman–Crippen LogP) is 1.42. The van der Waals surface area contributed by atoms with E-state index >= 15 is 0 Å². The third-order valence-corrected chi connectivity index (χ3v) is 5.32. The second-order valence-corrected chi connectivity index (χ2v) is 7.38. The zero-order valence-electron chi connectivity index (χ0n) is 17.8. The molecule has 3 rings (SSSR count). The number of hydrogen-bond donors (Lipinski definition) is 4. The summed E-state index contributed by atoms with van der Waals surface area (Å²) in [7, 11) is 1.24. The van der Waals surface area contributed by atoms with Crippen molar-refractivity contribution in [2.75, 3.05) is 19.0 Å². The number of carbonyl (C=O) groups is 2. The van der Waals surface area contributed by atoms with Crippen molar-refractivity contribution in [3.63, 3.8) is 0 Å². The lowest BCUT2D eigenvalue weighted by atomic mass is 9.88. The molecule has 1 aliphatic carbocycles. The Morgan fingerprint density at radius 2 is 1.97 bits per heavy atom. The van der Waals surface area contributed by atoms with Crippen molar-refractivity contribution in [3.05, 3.63) is 46.3 Å². The Hall–Kier alpha value is -2.91. The van der Waals surface area contributed by atoms with E-state index in [0.717, 1.165) is 24.0 Å². The van der Waals surface area contributed by atoms with Gasteiger partial charge >= 0.3 is 5.97 Å². The van der Waals surface area contributed by atoms with Gasteiger partial charge in [0.2, 0.25) is 5.95 Å². The van der Waals surface area contributed by atoms with E-state index in [1.165, 1.54) is 7.11 Å². The minimum absolute atomic E-state index is 0. The fourth-order valence-electron chi connectivity index (χ4n) is 3.77. The maximum atomic E-state index is 12.6. The van der Waals surface area contributed by atoms with E-state index in [4.69, 9.17) is 5.73 Å². The van der Waals surface area contributed by atoms with Crippen LogP contribution in [-0.4, -0.2) is 52.7 Å². The minimum Gasteiger partial charge on any atom is -0.508 e. The first-order valence-electron chi connectivity index (χ1n) is 9.84. The molecular weight excluding hydrogens is 422 g/mol. The number of carbonyl (C=O) groups excluding carboxylic acids is 2. The number of amides is 1. The number of rotatable bonds is 6. The summed E-state index contributed by atoms with van der Waals surface area (Å²) >= 11 is 0. The third kappa shape index (κ3) is 5.42. The Morgan fingerprint density at radius 1 is 1.29 bits per heavy atom. The Morgan fingerprint density at radius 3 is 2.58 bits per heavy atom. The number of halogens is 1. The Labute approximate surface area is 187 Å². The van der Waals surface area contributed by atoms with Crippen LogP contribution in [0, 0.1) is 13.8 Å². The number of nitrogens with zero attached hydrogens (tertiary/aromatic N) is 2. The molecule has 10 heteroatoms. The van der Waals surface area contributed by atoms with Crippen molar-refractivity contribution in [2.24, 2.45) is 5.73 Å². The largest absolute Gasteiger partial charge is 0.508 e. The number of fused-ring (bicyclic) bond motifs is 1. The molecule has 0 bridgehead atoms. The fourth-order valence-corrected chi connectivity index (χ4v) is 3.77. The molecule has 31 heavy (non-hydrogen) atoms. The second-order valence-electron chi connectivity index (χ2n) is 7.38. The number of aryl methyl sites for hydroxylation is 3. The Bertz CT molecular complexity index is 946. The summed E-state index contributed by atoms with van der Waals surface area (Å²) < 4.78 is 4.64. The van der Waals surface area contributed by atoms with Crippen molar-refractivity contribution in [1.29, 1.82) is 0 Å². The Kier molecular flexibility index (Phi) is 8.18. The predicted molar refractivity (Wildman–Crippen MR) is 119 cm³/mol. The summed E-state index contributed by atoms with van der Waals surface area (Å²) in [5, 5.41) is 16.0. The molecule has 1 aromatic carbocycles. The number of hydrogen-bond acceptors (Lipinski definition) is 8. The van der Waals surface area contributed by atoms with Crippen LogP contribution in [0.5, 0.6) is 5.75 Å². The molecule has 2 aromatic rings. The number of phenolic OH excluding ortho intramolecular Hbond substituents is 1. The van der Waals surface area contributed by atoms with Gasteiger partial charge in [0, 0.05) is 12.6 Å². The normalized spacial score (nSPS) is 15.8. The molecule has 5 N–H and O–H groups in total. The molecule has 9 nitrogen and oxygen atoms in total. The quantitative estimate of drug-likeness (QED) is 0.485. The number of esters is 1. The number of methoxy groups -OCH3 is 1. The molecule has 0 saturated carbocycles. The van der Waals surface area contributed by atoms with E-state index in [2.05, 4.69) is 25.3 Å². The molecule has 0 saturated heterocycles. The van der Waals surface area contributed by atoms with Gasteiger partial charge in [-0.1, -0.05) is 12.1 Å². The van der Waals surface area contributed by atoms with Crippen LogP contribution in [0.4, 0.5) is 5.95 Å². The molecule has 2 atom stereocenters. The van der Waals surface area contributed by atoms with E-state index in [-0.39, 0.29) is 25.0 Å². The van der Waals surface area contributed by atoms with Gasteiger partial charge in [-0.2, -0.15) is 0 Å². The van der Waals surface area contributed by atoms with Gasteiger partial charge in [-0.25, -0.2) is 14.8 Å². The van der Waals surface area contributed by atoms with Crippen LogP contribution in [-0.2, 0) is 22.4 Å². The SMILES string of the molecule is COC(=O)C(CN)NC(=O)c1c(C)nc(NC2CCc3cccc(O)c3C2)nc1C.Cl. The lowest BCUT2D eigenvalue weighted by Gasteiger charge is -2.26. The van der Waals surface area contributed by atoms with Gasteiger partial charge in [-0.15, -0.1) is 12.4 Å². The van der Waals surface area contributed by atoms with Gasteiger partial charge in [0.25, 0.3) is 5.91 Å². The van der Waals surface area contributed by atoms with Gasteiger partial charge in [0.15, 0.2) is 0 Å². The highest BCUT2D eigenvalue weighted by Crippen LogP contribution is 2.29. The summed E-state index contributed by atoms with van der Waals surface area (Å²) in [6, 6.07) is 4.73. The number of ether oxygens (including phenoxy) is 1. The van der Waals surface area contributed by atoms with E-state index < -0.39 is 17.9 Å². The maximum Gasteiger partial charge on any atom is 0.329 e. The highest BCUT2D eigenvalue weighted by molar-refractivity contribution is 5.98. The summed E-state index contributed by atoms with van der Waals surface area (Å²) in [5.74, 6) is -0.358. The number of phenols is 1. The molecule has 0 aliphatic heterocycles. The van der Waals surface area contributed by atoms with Gasteiger partial charge in [0.1, 0.15) is 11.8 Å². The van der Waals surface area contributed by atoms with Crippen LogP contribution >= 0.6 is 12.4 Å². The highest BCUT2D eigenvalue weighted by Gasteiger charge is 2.25. The average molecular weight is 450 g/mol. The molecule has 1 heterocycles. The average Bonchev–Trinajstić information content (AvgIpc) is 2.71. The monoisotopic (exact) mass is 449 g/mol. The van der Waals surface area contributed by atoms with Crippen LogP contribution in [0.2, 0.25) is 0 Å². The number of aromatic hydroxyl groups is 1. The number of nitrogens with one attached hydrogen (secondary N) is 2. The van der Waals surface area contributed by atoms with E-state index in [9.17, 15) is 14.7 Å².